The number of alkyl carbamates (subject to hydrolysis) is 1. The molecule has 0 spiro atoms. The first-order valence-electron chi connectivity index (χ1n) is 15.9. The normalized spacial score (nSPS) is 21.0. The molecule has 0 aromatic heterocycles. The Hall–Kier alpha value is -3.76. The zero-order chi connectivity index (χ0) is 31.6. The van der Waals surface area contributed by atoms with Gasteiger partial charge in [0.2, 0.25) is 5.91 Å². The highest BCUT2D eigenvalue weighted by molar-refractivity contribution is 5.78. The van der Waals surface area contributed by atoms with Crippen LogP contribution in [0.25, 0.3) is 0 Å². The van der Waals surface area contributed by atoms with E-state index in [4.69, 9.17) is 14.2 Å². The summed E-state index contributed by atoms with van der Waals surface area (Å²) in [4.78, 5) is 26.3. The van der Waals surface area contributed by atoms with E-state index in [1.165, 1.54) is 16.7 Å². The molecule has 6 atom stereocenters. The lowest BCUT2D eigenvalue weighted by molar-refractivity contribution is -0.121. The summed E-state index contributed by atoms with van der Waals surface area (Å²) >= 11 is 0. The Bertz CT molecular complexity index is 1370. The van der Waals surface area contributed by atoms with Gasteiger partial charge in [-0.3, -0.25) is 4.79 Å². The molecule has 3 aromatic rings. The molecule has 0 aliphatic carbocycles. The van der Waals surface area contributed by atoms with Crippen LogP contribution < -0.4 is 16.0 Å². The molecule has 0 radical (unpaired) electrons. The number of hydrogen-bond acceptors (Lipinski definition) is 7. The molecule has 0 unspecified atom stereocenters. The van der Waals surface area contributed by atoms with Crippen LogP contribution in [0.15, 0.2) is 78.9 Å². The number of rotatable bonds is 14. The molecule has 0 saturated carbocycles. The van der Waals surface area contributed by atoms with E-state index in [1.807, 2.05) is 66.7 Å². The molecule has 2 heterocycles. The van der Waals surface area contributed by atoms with Crippen molar-refractivity contribution in [2.24, 2.45) is 5.92 Å². The smallest absolute Gasteiger partial charge is 0.407 e. The van der Waals surface area contributed by atoms with Gasteiger partial charge in [-0.25, -0.2) is 4.79 Å². The van der Waals surface area contributed by atoms with Crippen LogP contribution in [0.2, 0.25) is 0 Å². The van der Waals surface area contributed by atoms with E-state index < -0.39 is 24.3 Å². The first kappa shape index (κ1) is 32.6. The van der Waals surface area contributed by atoms with Crippen LogP contribution in [0.5, 0.6) is 0 Å². The number of aryl methyl sites for hydroxylation is 2. The van der Waals surface area contributed by atoms with Crippen molar-refractivity contribution in [2.45, 2.75) is 76.7 Å². The Morgan fingerprint density at radius 3 is 2.24 bits per heavy atom. The third-order valence-electron chi connectivity index (χ3n) is 8.76. The predicted molar refractivity (Wildman–Crippen MR) is 171 cm³/mol. The Balaban J connectivity index is 1.23. The summed E-state index contributed by atoms with van der Waals surface area (Å²) in [5.41, 5.74) is 5.55. The lowest BCUT2D eigenvalue weighted by atomic mass is 9.93. The number of fused-ring (bicyclic) bond motifs is 1. The minimum absolute atomic E-state index is 0.0158. The highest BCUT2D eigenvalue weighted by atomic mass is 16.7. The minimum Gasteiger partial charge on any atom is -0.443 e. The molecule has 2 amide bonds. The Kier molecular flexibility index (Phi) is 11.6. The summed E-state index contributed by atoms with van der Waals surface area (Å²) in [5.74, 6) is -0.141. The standard InChI is InChI=1S/C36H45N3O6/c1-24-10-9-11-25(2)30(24)21-37-22-34(41)38-28(18-26-12-5-3-6-13-26)20-32(40)31(19-27-14-7-4-8-15-27)39-36(42)45-33-23-44-35-29(33)16-17-43-35/h3-15,28-29,31-33,35,37,40H,16-23H2,1-2H3,(H,38,41)(H,39,42)/t28-,29-,31-,32-,33-,35+/m0/s1. The molecule has 5 rings (SSSR count). The lowest BCUT2D eigenvalue weighted by Gasteiger charge is -2.29. The molecule has 240 valence electrons. The fourth-order valence-electron chi connectivity index (χ4n) is 6.28. The number of amides is 2. The fraction of sp³-hybridized carbons (Fsp3) is 0.444. The second-order valence-corrected chi connectivity index (χ2v) is 12.1. The maximum absolute atomic E-state index is 13.1. The van der Waals surface area contributed by atoms with Crippen molar-refractivity contribution in [2.75, 3.05) is 19.8 Å². The number of aliphatic hydroxyl groups is 1. The highest BCUT2D eigenvalue weighted by Gasteiger charge is 2.44. The van der Waals surface area contributed by atoms with Crippen molar-refractivity contribution in [1.82, 2.24) is 16.0 Å². The van der Waals surface area contributed by atoms with Crippen LogP contribution in [-0.4, -0.2) is 67.4 Å². The van der Waals surface area contributed by atoms with Crippen LogP contribution in [0.1, 0.15) is 40.7 Å². The van der Waals surface area contributed by atoms with Gasteiger partial charge in [0, 0.05) is 12.6 Å². The summed E-state index contributed by atoms with van der Waals surface area (Å²) in [5, 5.41) is 20.9. The molecule has 2 saturated heterocycles. The molecular weight excluding hydrogens is 570 g/mol. The minimum atomic E-state index is -0.961. The van der Waals surface area contributed by atoms with E-state index in [0.29, 0.717) is 26.0 Å². The van der Waals surface area contributed by atoms with E-state index in [9.17, 15) is 14.7 Å². The number of ether oxygens (including phenoxy) is 3. The topological polar surface area (TPSA) is 118 Å². The summed E-state index contributed by atoms with van der Waals surface area (Å²) in [6.45, 7) is 5.74. The zero-order valence-corrected chi connectivity index (χ0v) is 26.1. The number of hydrogen-bond donors (Lipinski definition) is 4. The SMILES string of the molecule is Cc1cccc(C)c1CNCC(=O)N[C@@H](Cc1ccccc1)C[C@H](O)[C@H](Cc1ccccc1)NC(=O)O[C@H]1CO[C@H]2OCC[C@H]21. The molecule has 9 heteroatoms. The monoisotopic (exact) mass is 615 g/mol. The van der Waals surface area contributed by atoms with Crippen molar-refractivity contribution < 1.29 is 28.9 Å². The fourth-order valence-corrected chi connectivity index (χ4v) is 6.28. The van der Waals surface area contributed by atoms with Gasteiger partial charge >= 0.3 is 6.09 Å². The quantitative estimate of drug-likeness (QED) is 0.217. The van der Waals surface area contributed by atoms with Crippen molar-refractivity contribution in [3.63, 3.8) is 0 Å². The van der Waals surface area contributed by atoms with Gasteiger partial charge < -0.3 is 35.3 Å². The molecule has 2 aliphatic rings. The first-order valence-corrected chi connectivity index (χ1v) is 15.9. The lowest BCUT2D eigenvalue weighted by Crippen LogP contribution is -2.50. The van der Waals surface area contributed by atoms with Crippen LogP contribution >= 0.6 is 0 Å². The van der Waals surface area contributed by atoms with Crippen molar-refractivity contribution in [3.05, 3.63) is 107 Å². The van der Waals surface area contributed by atoms with Gasteiger partial charge in [-0.15, -0.1) is 0 Å². The van der Waals surface area contributed by atoms with Crippen molar-refractivity contribution in [1.29, 1.82) is 0 Å². The van der Waals surface area contributed by atoms with E-state index in [-0.39, 0.29) is 43.7 Å². The molecular formula is C36H45N3O6. The third kappa shape index (κ3) is 9.37. The number of carbonyl (C=O) groups is 2. The van der Waals surface area contributed by atoms with Gasteiger partial charge in [-0.2, -0.15) is 0 Å². The molecule has 9 nitrogen and oxygen atoms in total. The molecule has 2 fully saturated rings. The van der Waals surface area contributed by atoms with Crippen LogP contribution in [-0.2, 0) is 38.4 Å². The van der Waals surface area contributed by atoms with Gasteiger partial charge in [-0.05, 0) is 67.3 Å². The summed E-state index contributed by atoms with van der Waals surface area (Å²) in [6, 6.07) is 24.7. The van der Waals surface area contributed by atoms with Crippen molar-refractivity contribution >= 4 is 12.0 Å². The van der Waals surface area contributed by atoms with Gasteiger partial charge in [0.05, 0.1) is 37.8 Å². The van der Waals surface area contributed by atoms with Crippen molar-refractivity contribution in [3.8, 4) is 0 Å². The van der Waals surface area contributed by atoms with Gasteiger partial charge in [0.15, 0.2) is 6.29 Å². The van der Waals surface area contributed by atoms with E-state index in [0.717, 1.165) is 17.5 Å². The molecule has 45 heavy (non-hydrogen) atoms. The first-order chi connectivity index (χ1) is 21.9. The summed E-state index contributed by atoms with van der Waals surface area (Å²) in [7, 11) is 0. The third-order valence-corrected chi connectivity index (χ3v) is 8.76. The Morgan fingerprint density at radius 1 is 0.889 bits per heavy atom. The number of nitrogens with one attached hydrogen (secondary N) is 3. The molecule has 2 aliphatic heterocycles. The van der Waals surface area contributed by atoms with E-state index in [1.54, 1.807) is 0 Å². The molecule has 0 bridgehead atoms. The van der Waals surface area contributed by atoms with Crippen LogP contribution in [0, 0.1) is 19.8 Å². The Labute approximate surface area is 265 Å². The number of benzene rings is 3. The predicted octanol–water partition coefficient (Wildman–Crippen LogP) is 3.97. The second-order valence-electron chi connectivity index (χ2n) is 12.1. The average Bonchev–Trinajstić information content (AvgIpc) is 3.64. The van der Waals surface area contributed by atoms with Crippen LogP contribution in [0.4, 0.5) is 4.79 Å². The maximum Gasteiger partial charge on any atom is 0.407 e. The molecule has 3 aromatic carbocycles. The highest BCUT2D eigenvalue weighted by Crippen LogP contribution is 2.33. The summed E-state index contributed by atoms with van der Waals surface area (Å²) in [6.07, 6.45) is -0.340. The average molecular weight is 616 g/mol. The van der Waals surface area contributed by atoms with Crippen LogP contribution in [0.3, 0.4) is 0 Å². The second kappa shape index (κ2) is 16.0. The van der Waals surface area contributed by atoms with E-state index in [2.05, 4.69) is 41.9 Å². The maximum atomic E-state index is 13.1. The van der Waals surface area contributed by atoms with E-state index >= 15 is 0 Å². The largest absolute Gasteiger partial charge is 0.443 e. The van der Waals surface area contributed by atoms with Gasteiger partial charge in [0.1, 0.15) is 6.10 Å². The summed E-state index contributed by atoms with van der Waals surface area (Å²) < 4.78 is 16.9. The Morgan fingerprint density at radius 2 is 1.56 bits per heavy atom. The number of carbonyl (C=O) groups excluding carboxylic acids is 2. The zero-order valence-electron chi connectivity index (χ0n) is 26.1. The van der Waals surface area contributed by atoms with Gasteiger partial charge in [-0.1, -0.05) is 78.9 Å². The number of aliphatic hydroxyl groups excluding tert-OH is 1. The van der Waals surface area contributed by atoms with Gasteiger partial charge in [0.25, 0.3) is 0 Å². The molecule has 4 N–H and O–H groups in total.